The summed E-state index contributed by atoms with van der Waals surface area (Å²) < 4.78 is 1.91. The predicted molar refractivity (Wildman–Crippen MR) is 111 cm³/mol. The van der Waals surface area contributed by atoms with Crippen molar-refractivity contribution < 1.29 is 9.59 Å². The molecule has 2 N–H and O–H groups in total. The number of thiophene rings is 1. The fourth-order valence-corrected chi connectivity index (χ4v) is 4.96. The molecule has 1 fully saturated rings. The SMILES string of the molecule is Cc1nn(Cc2ccccc2Cl)c2sc(C(=O)N3CCC(C(N)=O)CC3)cc12. The van der Waals surface area contributed by atoms with Crippen molar-refractivity contribution in [2.75, 3.05) is 13.1 Å². The second kappa shape index (κ2) is 7.56. The highest BCUT2D eigenvalue weighted by Gasteiger charge is 2.28. The quantitative estimate of drug-likeness (QED) is 0.707. The normalized spacial score (nSPS) is 15.3. The highest BCUT2D eigenvalue weighted by atomic mass is 35.5. The number of amides is 2. The number of halogens is 1. The van der Waals surface area contributed by atoms with Gasteiger partial charge in [0.2, 0.25) is 5.91 Å². The van der Waals surface area contributed by atoms with Crippen LogP contribution >= 0.6 is 22.9 Å². The van der Waals surface area contributed by atoms with E-state index in [2.05, 4.69) is 5.10 Å². The molecular weight excluding hydrogens is 396 g/mol. The maximum Gasteiger partial charge on any atom is 0.264 e. The first-order valence-corrected chi connectivity index (χ1v) is 10.4. The van der Waals surface area contributed by atoms with Gasteiger partial charge in [0.1, 0.15) is 4.83 Å². The molecule has 0 atom stereocenters. The molecular formula is C20H21ClN4O2S. The first-order chi connectivity index (χ1) is 13.4. The van der Waals surface area contributed by atoms with E-state index >= 15 is 0 Å². The number of nitrogens with zero attached hydrogens (tertiary/aromatic N) is 3. The third-order valence-electron chi connectivity index (χ3n) is 5.28. The van der Waals surface area contributed by atoms with Crippen LogP contribution in [-0.4, -0.2) is 39.6 Å². The Labute approximate surface area is 171 Å². The molecule has 2 aromatic heterocycles. The zero-order valence-electron chi connectivity index (χ0n) is 15.5. The van der Waals surface area contributed by atoms with Crippen LogP contribution in [-0.2, 0) is 11.3 Å². The lowest BCUT2D eigenvalue weighted by molar-refractivity contribution is -0.123. The lowest BCUT2D eigenvalue weighted by Crippen LogP contribution is -2.41. The maximum absolute atomic E-state index is 12.9. The smallest absolute Gasteiger partial charge is 0.264 e. The van der Waals surface area contributed by atoms with Crippen molar-refractivity contribution in [2.24, 2.45) is 11.7 Å². The van der Waals surface area contributed by atoms with E-state index in [-0.39, 0.29) is 17.7 Å². The molecule has 8 heteroatoms. The van der Waals surface area contributed by atoms with Gasteiger partial charge >= 0.3 is 0 Å². The first-order valence-electron chi connectivity index (χ1n) is 9.23. The number of benzene rings is 1. The monoisotopic (exact) mass is 416 g/mol. The van der Waals surface area contributed by atoms with E-state index in [1.807, 2.05) is 46.8 Å². The lowest BCUT2D eigenvalue weighted by atomic mass is 9.96. The first kappa shape index (κ1) is 19.0. The van der Waals surface area contributed by atoms with E-state index in [1.165, 1.54) is 11.3 Å². The second-order valence-electron chi connectivity index (χ2n) is 7.13. The topological polar surface area (TPSA) is 81.2 Å². The van der Waals surface area contributed by atoms with Gasteiger partial charge in [0, 0.05) is 29.4 Å². The van der Waals surface area contributed by atoms with Crippen LogP contribution in [0.1, 0.15) is 33.8 Å². The summed E-state index contributed by atoms with van der Waals surface area (Å²) in [6.45, 7) is 3.63. The van der Waals surface area contributed by atoms with Crippen LogP contribution in [0.15, 0.2) is 30.3 Å². The van der Waals surface area contributed by atoms with Gasteiger partial charge in [-0.3, -0.25) is 14.3 Å². The lowest BCUT2D eigenvalue weighted by Gasteiger charge is -2.30. The summed E-state index contributed by atoms with van der Waals surface area (Å²) in [7, 11) is 0. The molecule has 3 heterocycles. The Hall–Kier alpha value is -2.38. The van der Waals surface area contributed by atoms with Gasteiger partial charge < -0.3 is 10.6 Å². The number of aryl methyl sites for hydroxylation is 1. The van der Waals surface area contributed by atoms with Gasteiger partial charge in [-0.2, -0.15) is 5.10 Å². The van der Waals surface area contributed by atoms with Crippen molar-refractivity contribution in [2.45, 2.75) is 26.3 Å². The van der Waals surface area contributed by atoms with E-state index < -0.39 is 0 Å². The van der Waals surface area contributed by atoms with E-state index in [4.69, 9.17) is 17.3 Å². The van der Waals surface area contributed by atoms with Gasteiger partial charge in [-0.05, 0) is 37.5 Å². The van der Waals surface area contributed by atoms with Gasteiger partial charge in [-0.25, -0.2) is 0 Å². The molecule has 146 valence electrons. The van der Waals surface area contributed by atoms with Crippen molar-refractivity contribution in [1.29, 1.82) is 0 Å². The Balaban J connectivity index is 1.57. The molecule has 6 nitrogen and oxygen atoms in total. The molecule has 0 saturated carbocycles. The van der Waals surface area contributed by atoms with Crippen LogP contribution in [0.2, 0.25) is 5.02 Å². The largest absolute Gasteiger partial charge is 0.369 e. The van der Waals surface area contributed by atoms with E-state index in [9.17, 15) is 9.59 Å². The van der Waals surface area contributed by atoms with Crippen molar-refractivity contribution >= 4 is 45.0 Å². The minimum absolute atomic E-state index is 0.00724. The van der Waals surface area contributed by atoms with Gasteiger partial charge in [-0.15, -0.1) is 11.3 Å². The molecule has 2 amide bonds. The molecule has 4 rings (SSSR count). The van der Waals surface area contributed by atoms with Crippen LogP contribution in [0, 0.1) is 12.8 Å². The van der Waals surface area contributed by atoms with Crippen molar-refractivity contribution in [3.63, 3.8) is 0 Å². The molecule has 0 spiro atoms. The molecule has 0 radical (unpaired) electrons. The fraction of sp³-hybridized carbons (Fsp3) is 0.350. The predicted octanol–water partition coefficient (Wildman–Crippen LogP) is 3.45. The maximum atomic E-state index is 12.9. The summed E-state index contributed by atoms with van der Waals surface area (Å²) in [6, 6.07) is 9.62. The van der Waals surface area contributed by atoms with Gasteiger partial charge in [-0.1, -0.05) is 29.8 Å². The molecule has 3 aromatic rings. The van der Waals surface area contributed by atoms with Gasteiger partial charge in [0.05, 0.1) is 17.1 Å². The molecule has 1 aliphatic heterocycles. The van der Waals surface area contributed by atoms with Crippen molar-refractivity contribution in [1.82, 2.24) is 14.7 Å². The number of carbonyl (C=O) groups excluding carboxylic acids is 2. The van der Waals surface area contributed by atoms with Gasteiger partial charge in [0.25, 0.3) is 5.91 Å². The number of likely N-dealkylation sites (tertiary alicyclic amines) is 1. The summed E-state index contributed by atoms with van der Waals surface area (Å²) in [6.07, 6.45) is 1.26. The average molecular weight is 417 g/mol. The highest BCUT2D eigenvalue weighted by Crippen LogP contribution is 2.31. The summed E-state index contributed by atoms with van der Waals surface area (Å²) in [5, 5.41) is 6.32. The molecule has 1 saturated heterocycles. The number of carbonyl (C=O) groups is 2. The highest BCUT2D eigenvalue weighted by molar-refractivity contribution is 7.20. The second-order valence-corrected chi connectivity index (χ2v) is 8.57. The van der Waals surface area contributed by atoms with Crippen molar-refractivity contribution in [3.05, 3.63) is 51.5 Å². The average Bonchev–Trinajstić information content (AvgIpc) is 3.24. The Kier molecular flexibility index (Phi) is 5.12. The van der Waals surface area contributed by atoms with Crippen LogP contribution in [0.3, 0.4) is 0 Å². The van der Waals surface area contributed by atoms with Crippen LogP contribution in [0.5, 0.6) is 0 Å². The zero-order chi connectivity index (χ0) is 19.8. The molecule has 0 bridgehead atoms. The number of primary amides is 1. The standard InChI is InChI=1S/C20H21ClN4O2S/c1-12-15-10-17(19(27)24-8-6-13(7-9-24)18(22)26)28-20(15)25(23-12)11-14-4-2-3-5-16(14)21/h2-5,10,13H,6-9,11H2,1H3,(H2,22,26). The summed E-state index contributed by atoms with van der Waals surface area (Å²) in [4.78, 5) is 27.8. The Morgan fingerprint density at radius 2 is 2.00 bits per heavy atom. The Morgan fingerprint density at radius 1 is 1.29 bits per heavy atom. The minimum atomic E-state index is -0.274. The number of aromatic nitrogens is 2. The van der Waals surface area contributed by atoms with Crippen molar-refractivity contribution in [3.8, 4) is 0 Å². The Morgan fingerprint density at radius 3 is 2.68 bits per heavy atom. The molecule has 1 aromatic carbocycles. The molecule has 1 aliphatic rings. The molecule has 0 aliphatic carbocycles. The third kappa shape index (κ3) is 3.52. The minimum Gasteiger partial charge on any atom is -0.369 e. The molecule has 28 heavy (non-hydrogen) atoms. The summed E-state index contributed by atoms with van der Waals surface area (Å²) >= 11 is 7.75. The third-order valence-corrected chi connectivity index (χ3v) is 6.79. The number of fused-ring (bicyclic) bond motifs is 1. The fourth-order valence-electron chi connectivity index (χ4n) is 3.64. The summed E-state index contributed by atoms with van der Waals surface area (Å²) in [5.41, 5.74) is 7.27. The van der Waals surface area contributed by atoms with Gasteiger partial charge in [0.15, 0.2) is 0 Å². The van der Waals surface area contributed by atoms with Crippen LogP contribution in [0.25, 0.3) is 10.2 Å². The Bertz CT molecular complexity index is 1050. The van der Waals surface area contributed by atoms with E-state index in [0.717, 1.165) is 21.5 Å². The number of rotatable bonds is 4. The zero-order valence-corrected chi connectivity index (χ0v) is 17.1. The van der Waals surface area contributed by atoms with Crippen LogP contribution in [0.4, 0.5) is 0 Å². The number of hydrogen-bond donors (Lipinski definition) is 1. The summed E-state index contributed by atoms with van der Waals surface area (Å²) in [5.74, 6) is -0.394. The van der Waals surface area contributed by atoms with E-state index in [0.29, 0.717) is 42.4 Å². The number of nitrogens with two attached hydrogens (primary N) is 1. The van der Waals surface area contributed by atoms with Crippen LogP contribution < -0.4 is 5.73 Å². The number of piperidine rings is 1. The molecule has 0 unspecified atom stereocenters. The van der Waals surface area contributed by atoms with E-state index in [1.54, 1.807) is 0 Å². The number of hydrogen-bond acceptors (Lipinski definition) is 4.